The van der Waals surface area contributed by atoms with Gasteiger partial charge in [-0.2, -0.15) is 15.1 Å². The fourth-order valence-corrected chi connectivity index (χ4v) is 2.99. The van der Waals surface area contributed by atoms with Gasteiger partial charge in [0.1, 0.15) is 0 Å². The van der Waals surface area contributed by atoms with Gasteiger partial charge in [0.15, 0.2) is 5.84 Å². The summed E-state index contributed by atoms with van der Waals surface area (Å²) in [5.74, 6) is -0.292. The summed E-state index contributed by atoms with van der Waals surface area (Å²) in [7, 11) is 0. The van der Waals surface area contributed by atoms with Crippen LogP contribution in [0.4, 0.5) is 0 Å². The zero-order valence-corrected chi connectivity index (χ0v) is 11.0. The van der Waals surface area contributed by atoms with E-state index < -0.39 is 0 Å². The molecule has 0 saturated carbocycles. The Morgan fingerprint density at radius 3 is 3.06 bits per heavy atom. The molecule has 0 aromatic carbocycles. The molecule has 0 saturated heterocycles. The average molecular weight is 276 g/mol. The largest absolute Gasteiger partial charge is 0.283 e. The minimum absolute atomic E-state index is 0.0859. The van der Waals surface area contributed by atoms with E-state index in [1.165, 1.54) is 28.1 Å². The third-order valence-corrected chi connectivity index (χ3v) is 4.03. The number of fused-ring (bicyclic) bond motifs is 1. The van der Waals surface area contributed by atoms with Crippen molar-refractivity contribution in [3.8, 4) is 0 Å². The Kier molecular flexibility index (Phi) is 2.64. The van der Waals surface area contributed by atoms with Gasteiger partial charge in [-0.25, -0.2) is 0 Å². The minimum atomic E-state index is -0.378. The van der Waals surface area contributed by atoms with Crippen LogP contribution in [-0.4, -0.2) is 27.0 Å². The maximum absolute atomic E-state index is 11.9. The lowest BCUT2D eigenvalue weighted by atomic mass is 10.1. The lowest BCUT2D eigenvalue weighted by molar-refractivity contribution is -0.114. The van der Waals surface area contributed by atoms with E-state index in [2.05, 4.69) is 10.1 Å². The van der Waals surface area contributed by atoms with Crippen LogP contribution in [0.1, 0.15) is 11.8 Å². The minimum Gasteiger partial charge on any atom is -0.282 e. The van der Waals surface area contributed by atoms with Crippen molar-refractivity contribution in [1.82, 2.24) is 5.01 Å². The van der Waals surface area contributed by atoms with E-state index in [1.54, 1.807) is 6.08 Å². The highest BCUT2D eigenvalue weighted by Crippen LogP contribution is 2.28. The van der Waals surface area contributed by atoms with Crippen molar-refractivity contribution >= 4 is 51.1 Å². The molecule has 0 atom stereocenters. The fourth-order valence-electron chi connectivity index (χ4n) is 1.60. The van der Waals surface area contributed by atoms with Crippen LogP contribution < -0.4 is 0 Å². The van der Waals surface area contributed by atoms with Gasteiger partial charge in [-0.15, -0.1) is 11.3 Å². The Balaban J connectivity index is 2.04. The van der Waals surface area contributed by atoms with Crippen molar-refractivity contribution in [3.05, 3.63) is 28.0 Å². The van der Waals surface area contributed by atoms with Crippen molar-refractivity contribution in [1.29, 1.82) is 5.41 Å². The van der Waals surface area contributed by atoms with Gasteiger partial charge in [0, 0.05) is 4.88 Å². The smallest absolute Gasteiger partial charge is 0.282 e. The SMILES string of the molecule is CC1=NN2C(=N)/C(=C\c3cccs3)C(=O)N=C2S1. The summed E-state index contributed by atoms with van der Waals surface area (Å²) < 4.78 is 0. The van der Waals surface area contributed by atoms with Crippen molar-refractivity contribution in [2.24, 2.45) is 10.1 Å². The highest BCUT2D eigenvalue weighted by molar-refractivity contribution is 8.26. The third kappa shape index (κ3) is 1.81. The van der Waals surface area contributed by atoms with Gasteiger partial charge in [0.05, 0.1) is 10.6 Å². The molecule has 0 spiro atoms. The van der Waals surface area contributed by atoms with E-state index in [4.69, 9.17) is 5.41 Å². The van der Waals surface area contributed by atoms with Gasteiger partial charge < -0.3 is 0 Å². The normalized spacial score (nSPS) is 21.2. The Hall–Kier alpha value is -1.73. The van der Waals surface area contributed by atoms with E-state index in [-0.39, 0.29) is 17.3 Å². The van der Waals surface area contributed by atoms with Crippen LogP contribution in [0, 0.1) is 5.41 Å². The van der Waals surface area contributed by atoms with Crippen LogP contribution in [0.3, 0.4) is 0 Å². The zero-order valence-electron chi connectivity index (χ0n) is 9.38. The second-order valence-electron chi connectivity index (χ2n) is 3.65. The van der Waals surface area contributed by atoms with E-state index in [9.17, 15) is 4.79 Å². The molecule has 7 heteroatoms. The molecule has 1 aromatic rings. The molecule has 3 rings (SSSR count). The number of carbonyl (C=O) groups excluding carboxylic acids is 1. The number of nitrogens with zero attached hydrogens (tertiary/aromatic N) is 3. The van der Waals surface area contributed by atoms with E-state index >= 15 is 0 Å². The summed E-state index contributed by atoms with van der Waals surface area (Å²) >= 11 is 2.82. The number of thiophene rings is 1. The summed E-state index contributed by atoms with van der Waals surface area (Å²) in [4.78, 5) is 16.8. The maximum atomic E-state index is 11.9. The molecule has 1 aromatic heterocycles. The number of hydrogen-bond acceptors (Lipinski definition) is 5. The van der Waals surface area contributed by atoms with Crippen LogP contribution in [0.2, 0.25) is 0 Å². The highest BCUT2D eigenvalue weighted by Gasteiger charge is 2.34. The number of amides is 1. The summed E-state index contributed by atoms with van der Waals surface area (Å²) in [5, 5.41) is 16.8. The van der Waals surface area contributed by atoms with Crippen LogP contribution in [0.5, 0.6) is 0 Å². The molecule has 5 nitrogen and oxygen atoms in total. The molecule has 0 fully saturated rings. The second kappa shape index (κ2) is 4.18. The first-order chi connectivity index (χ1) is 8.65. The molecule has 0 aliphatic carbocycles. The number of amidine groups is 2. The molecule has 0 radical (unpaired) electrons. The first kappa shape index (κ1) is 11.4. The van der Waals surface area contributed by atoms with Gasteiger partial charge in [-0.3, -0.25) is 10.2 Å². The zero-order chi connectivity index (χ0) is 12.7. The van der Waals surface area contributed by atoms with Gasteiger partial charge in [0.25, 0.3) is 5.91 Å². The topological polar surface area (TPSA) is 68.9 Å². The first-order valence-corrected chi connectivity index (χ1v) is 6.85. The quantitative estimate of drug-likeness (QED) is 0.801. The van der Waals surface area contributed by atoms with E-state index in [0.717, 1.165) is 9.92 Å². The molecule has 2 aliphatic heterocycles. The van der Waals surface area contributed by atoms with Crippen molar-refractivity contribution in [2.75, 3.05) is 0 Å². The van der Waals surface area contributed by atoms with Crippen LogP contribution in [0.25, 0.3) is 6.08 Å². The van der Waals surface area contributed by atoms with Gasteiger partial charge in [0.2, 0.25) is 5.17 Å². The van der Waals surface area contributed by atoms with E-state index in [0.29, 0.717) is 5.17 Å². The van der Waals surface area contributed by atoms with Crippen LogP contribution in [0.15, 0.2) is 33.2 Å². The summed E-state index contributed by atoms with van der Waals surface area (Å²) in [5.41, 5.74) is 0.278. The second-order valence-corrected chi connectivity index (χ2v) is 5.79. The van der Waals surface area contributed by atoms with Crippen LogP contribution in [-0.2, 0) is 4.79 Å². The molecule has 1 amide bonds. The molecule has 18 heavy (non-hydrogen) atoms. The number of hydrogen-bond donors (Lipinski definition) is 1. The van der Waals surface area contributed by atoms with Gasteiger partial charge >= 0.3 is 0 Å². The van der Waals surface area contributed by atoms with Gasteiger partial charge in [-0.05, 0) is 36.2 Å². The van der Waals surface area contributed by atoms with Crippen molar-refractivity contribution < 1.29 is 4.79 Å². The van der Waals surface area contributed by atoms with E-state index in [1.807, 2.05) is 24.4 Å². The van der Waals surface area contributed by atoms with Gasteiger partial charge in [-0.1, -0.05) is 6.07 Å². The fraction of sp³-hybridized carbons (Fsp3) is 0.0909. The Morgan fingerprint density at radius 2 is 2.33 bits per heavy atom. The number of rotatable bonds is 1. The summed E-state index contributed by atoms with van der Waals surface area (Å²) in [6, 6.07) is 3.79. The molecule has 1 N–H and O–H groups in total. The molecule has 2 aliphatic rings. The predicted octanol–water partition coefficient (Wildman–Crippen LogP) is 2.39. The lowest BCUT2D eigenvalue weighted by Gasteiger charge is -2.19. The Morgan fingerprint density at radius 1 is 1.50 bits per heavy atom. The molecule has 3 heterocycles. The lowest BCUT2D eigenvalue weighted by Crippen LogP contribution is -2.35. The van der Waals surface area contributed by atoms with Crippen molar-refractivity contribution in [2.45, 2.75) is 6.92 Å². The summed E-state index contributed by atoms with van der Waals surface area (Å²) in [6.07, 6.45) is 1.68. The number of thioether (sulfide) groups is 1. The molecular formula is C11H8N4OS2. The molecule has 0 bridgehead atoms. The Bertz CT molecular complexity index is 627. The monoisotopic (exact) mass is 276 g/mol. The standard InChI is InChI=1S/C11H8N4OS2/c1-6-14-15-9(12)8(5-7-3-2-4-17-7)10(16)13-11(15)18-6/h2-5,12H,1H3/b8-5+,12-9?. The highest BCUT2D eigenvalue weighted by atomic mass is 32.2. The van der Waals surface area contributed by atoms with Crippen LogP contribution >= 0.6 is 23.1 Å². The number of carbonyl (C=O) groups is 1. The number of hydrazone groups is 1. The third-order valence-electron chi connectivity index (χ3n) is 2.39. The first-order valence-electron chi connectivity index (χ1n) is 5.15. The van der Waals surface area contributed by atoms with Crippen molar-refractivity contribution in [3.63, 3.8) is 0 Å². The molecule has 90 valence electrons. The Labute approximate surface area is 111 Å². The number of aliphatic imine (C=N–C) groups is 1. The molecule has 0 unspecified atom stereocenters. The average Bonchev–Trinajstić information content (AvgIpc) is 2.93. The number of nitrogens with one attached hydrogen (secondary N) is 1. The maximum Gasteiger partial charge on any atom is 0.283 e. The predicted molar refractivity (Wildman–Crippen MR) is 75.0 cm³/mol. The summed E-state index contributed by atoms with van der Waals surface area (Å²) in [6.45, 7) is 1.83. The molecular weight excluding hydrogens is 268 g/mol.